The molecule has 0 radical (unpaired) electrons. The summed E-state index contributed by atoms with van der Waals surface area (Å²) in [6.45, 7) is 9.01. The van der Waals surface area contributed by atoms with Gasteiger partial charge >= 0.3 is 0 Å². The summed E-state index contributed by atoms with van der Waals surface area (Å²) in [6.07, 6.45) is 5.01. The number of amides is 1. The largest absolute Gasteiger partial charge is 0.384 e. The van der Waals surface area contributed by atoms with Crippen molar-refractivity contribution in [2.45, 2.75) is 46.3 Å². The molecular formula is C21H27FN6O. The maximum absolute atomic E-state index is 14.9. The van der Waals surface area contributed by atoms with E-state index in [9.17, 15) is 9.18 Å². The van der Waals surface area contributed by atoms with Crippen LogP contribution in [0.25, 0.3) is 22.2 Å². The lowest BCUT2D eigenvalue weighted by molar-refractivity contribution is -0.131. The normalized spacial score (nSPS) is 19.7. The number of nitrogens with zero attached hydrogens (tertiary/aromatic N) is 4. The molecule has 8 heteroatoms. The van der Waals surface area contributed by atoms with Crippen LogP contribution in [0.15, 0.2) is 18.6 Å². The Bertz CT molecular complexity index is 1060. The Kier molecular flexibility index (Phi) is 5.02. The van der Waals surface area contributed by atoms with Crippen molar-refractivity contribution in [3.05, 3.63) is 29.8 Å². The first kappa shape index (κ1) is 19.4. The van der Waals surface area contributed by atoms with Crippen molar-refractivity contribution in [3.8, 4) is 11.1 Å². The first-order valence-electron chi connectivity index (χ1n) is 10.1. The number of halogens is 1. The fourth-order valence-corrected chi connectivity index (χ4v) is 4.29. The Labute approximate surface area is 169 Å². The molecule has 4 rings (SSSR count). The van der Waals surface area contributed by atoms with Crippen LogP contribution in [0, 0.1) is 13.8 Å². The molecule has 29 heavy (non-hydrogen) atoms. The summed E-state index contributed by atoms with van der Waals surface area (Å²) in [7, 11) is 0. The van der Waals surface area contributed by atoms with Gasteiger partial charge in [-0.25, -0.2) is 9.37 Å². The lowest BCUT2D eigenvalue weighted by Gasteiger charge is -2.34. The first-order chi connectivity index (χ1) is 13.9. The zero-order chi connectivity index (χ0) is 20.7. The van der Waals surface area contributed by atoms with Gasteiger partial charge in [0.15, 0.2) is 0 Å². The zero-order valence-corrected chi connectivity index (χ0v) is 17.3. The highest BCUT2D eigenvalue weighted by atomic mass is 19.1. The number of aromatic amines is 1. The molecule has 1 saturated heterocycles. The van der Waals surface area contributed by atoms with Crippen LogP contribution in [0.3, 0.4) is 0 Å². The van der Waals surface area contributed by atoms with Gasteiger partial charge in [0.1, 0.15) is 11.8 Å². The van der Waals surface area contributed by atoms with Gasteiger partial charge in [-0.2, -0.15) is 5.10 Å². The van der Waals surface area contributed by atoms with E-state index in [-0.39, 0.29) is 18.5 Å². The lowest BCUT2D eigenvalue weighted by Crippen LogP contribution is -2.45. The molecule has 0 unspecified atom stereocenters. The molecule has 1 aliphatic rings. The molecule has 3 aromatic heterocycles. The number of anilines is 1. The van der Waals surface area contributed by atoms with Gasteiger partial charge in [-0.1, -0.05) is 0 Å². The highest BCUT2D eigenvalue weighted by Gasteiger charge is 2.33. The van der Waals surface area contributed by atoms with Crippen molar-refractivity contribution in [2.24, 2.45) is 0 Å². The quantitative estimate of drug-likeness (QED) is 0.704. The number of pyridine rings is 1. The number of H-pyrrole nitrogens is 1. The fourth-order valence-electron chi connectivity index (χ4n) is 4.29. The number of fused-ring (bicyclic) bond motifs is 1. The molecule has 3 aromatic rings. The van der Waals surface area contributed by atoms with E-state index >= 15 is 0 Å². The number of aryl methyl sites for hydroxylation is 1. The standard InChI is InChI=1S/C21H27FN6O/c1-5-23-20-16(9-25-21-19(20)12(2)8-24-21)15-10-26-28(13(15)3)18-6-7-27(14(4)29)11-17(18)22/h8-10,17-18H,5-7,11H2,1-4H3,(H2,23,24,25)/t17-,18-/m0/s1. The highest BCUT2D eigenvalue weighted by Crippen LogP contribution is 2.38. The molecule has 2 atom stereocenters. The average Bonchev–Trinajstić information content (AvgIpc) is 3.25. The predicted molar refractivity (Wildman–Crippen MR) is 112 cm³/mol. The second-order valence-electron chi connectivity index (χ2n) is 7.70. The predicted octanol–water partition coefficient (Wildman–Crippen LogP) is 3.61. The second kappa shape index (κ2) is 7.50. The molecule has 4 heterocycles. The first-order valence-corrected chi connectivity index (χ1v) is 10.1. The van der Waals surface area contributed by atoms with Gasteiger partial charge in [-0.15, -0.1) is 0 Å². The number of hydrogen-bond acceptors (Lipinski definition) is 4. The third kappa shape index (κ3) is 3.26. The Hall–Kier alpha value is -2.90. The lowest BCUT2D eigenvalue weighted by atomic mass is 10.0. The topological polar surface area (TPSA) is 78.8 Å². The van der Waals surface area contributed by atoms with Crippen LogP contribution in [-0.4, -0.2) is 56.4 Å². The third-order valence-corrected chi connectivity index (χ3v) is 5.85. The molecule has 1 fully saturated rings. The number of piperidine rings is 1. The van der Waals surface area contributed by atoms with Gasteiger partial charge in [0.2, 0.25) is 5.91 Å². The smallest absolute Gasteiger partial charge is 0.219 e. The molecule has 7 nitrogen and oxygen atoms in total. The summed E-state index contributed by atoms with van der Waals surface area (Å²) >= 11 is 0. The van der Waals surface area contributed by atoms with E-state index in [0.29, 0.717) is 13.0 Å². The molecule has 1 amide bonds. The summed E-state index contributed by atoms with van der Waals surface area (Å²) in [6, 6.07) is -0.368. The number of carbonyl (C=O) groups is 1. The van der Waals surface area contributed by atoms with Crippen LogP contribution in [0.1, 0.15) is 37.6 Å². The second-order valence-corrected chi connectivity index (χ2v) is 7.70. The Morgan fingerprint density at radius 3 is 2.83 bits per heavy atom. The minimum absolute atomic E-state index is 0.0829. The van der Waals surface area contributed by atoms with Crippen LogP contribution in [0.5, 0.6) is 0 Å². The molecule has 0 aliphatic carbocycles. The Morgan fingerprint density at radius 1 is 1.34 bits per heavy atom. The average molecular weight is 398 g/mol. The molecule has 0 saturated carbocycles. The van der Waals surface area contributed by atoms with Gasteiger partial charge in [-0.05, 0) is 32.8 Å². The van der Waals surface area contributed by atoms with E-state index in [4.69, 9.17) is 0 Å². The van der Waals surface area contributed by atoms with Gasteiger partial charge in [0.25, 0.3) is 0 Å². The van der Waals surface area contributed by atoms with E-state index in [1.807, 2.05) is 19.3 Å². The summed E-state index contributed by atoms with van der Waals surface area (Å²) in [5.41, 5.74) is 5.78. The number of nitrogens with one attached hydrogen (secondary N) is 2. The van der Waals surface area contributed by atoms with Crippen LogP contribution >= 0.6 is 0 Å². The van der Waals surface area contributed by atoms with E-state index < -0.39 is 6.17 Å². The van der Waals surface area contributed by atoms with Crippen LogP contribution < -0.4 is 5.32 Å². The van der Waals surface area contributed by atoms with Crippen molar-refractivity contribution in [2.75, 3.05) is 25.0 Å². The molecular weight excluding hydrogens is 371 g/mol. The fraction of sp³-hybridized carbons (Fsp3) is 0.476. The zero-order valence-electron chi connectivity index (χ0n) is 17.3. The maximum atomic E-state index is 14.9. The van der Waals surface area contributed by atoms with Crippen LogP contribution in [0.4, 0.5) is 10.1 Å². The molecule has 0 spiro atoms. The number of rotatable bonds is 4. The summed E-state index contributed by atoms with van der Waals surface area (Å²) in [5, 5.41) is 9.07. The van der Waals surface area contributed by atoms with Gasteiger partial charge in [0.05, 0.1) is 24.5 Å². The van der Waals surface area contributed by atoms with Crippen molar-refractivity contribution in [1.82, 2.24) is 24.6 Å². The van der Waals surface area contributed by atoms with E-state index in [1.165, 1.54) is 6.92 Å². The maximum Gasteiger partial charge on any atom is 0.219 e. The summed E-state index contributed by atoms with van der Waals surface area (Å²) in [5.74, 6) is -0.0829. The van der Waals surface area contributed by atoms with Crippen molar-refractivity contribution in [1.29, 1.82) is 0 Å². The summed E-state index contributed by atoms with van der Waals surface area (Å²) < 4.78 is 16.7. The summed E-state index contributed by atoms with van der Waals surface area (Å²) in [4.78, 5) is 20.9. The Morgan fingerprint density at radius 2 is 2.14 bits per heavy atom. The number of alkyl halides is 1. The number of hydrogen-bond donors (Lipinski definition) is 2. The molecule has 0 bridgehead atoms. The van der Waals surface area contributed by atoms with E-state index in [2.05, 4.69) is 34.2 Å². The van der Waals surface area contributed by atoms with E-state index in [0.717, 1.165) is 45.6 Å². The highest BCUT2D eigenvalue weighted by molar-refractivity contribution is 6.00. The molecule has 2 N–H and O–H groups in total. The van der Waals surface area contributed by atoms with Crippen molar-refractivity contribution in [3.63, 3.8) is 0 Å². The number of likely N-dealkylation sites (tertiary alicyclic amines) is 1. The molecule has 154 valence electrons. The van der Waals surface area contributed by atoms with Gasteiger partial charge in [-0.3, -0.25) is 9.48 Å². The Balaban J connectivity index is 1.74. The van der Waals surface area contributed by atoms with Crippen LogP contribution in [0.2, 0.25) is 0 Å². The number of aromatic nitrogens is 4. The van der Waals surface area contributed by atoms with Crippen molar-refractivity contribution >= 4 is 22.6 Å². The minimum Gasteiger partial charge on any atom is -0.384 e. The van der Waals surface area contributed by atoms with Crippen LogP contribution in [-0.2, 0) is 4.79 Å². The number of carbonyl (C=O) groups excluding carboxylic acids is 1. The molecule has 1 aliphatic heterocycles. The SMILES string of the molecule is CCNc1c(-c2cnn([C@H]3CCN(C(C)=O)C[C@@H]3F)c2C)cnc2[nH]cc(C)c12. The van der Waals surface area contributed by atoms with E-state index in [1.54, 1.807) is 15.8 Å². The van der Waals surface area contributed by atoms with Gasteiger partial charge < -0.3 is 15.2 Å². The van der Waals surface area contributed by atoms with Crippen molar-refractivity contribution < 1.29 is 9.18 Å². The van der Waals surface area contributed by atoms with Gasteiger partial charge in [0, 0.05) is 54.6 Å². The molecule has 0 aromatic carbocycles. The minimum atomic E-state index is -1.14. The third-order valence-electron chi connectivity index (χ3n) is 5.85. The monoisotopic (exact) mass is 398 g/mol.